The van der Waals surface area contributed by atoms with E-state index in [4.69, 9.17) is 0 Å². The van der Waals surface area contributed by atoms with Gasteiger partial charge in [-0.05, 0) is 6.92 Å². The number of alkyl halides is 2. The summed E-state index contributed by atoms with van der Waals surface area (Å²) >= 11 is 0. The van der Waals surface area contributed by atoms with Crippen LogP contribution in [-0.4, -0.2) is 40.9 Å². The lowest BCUT2D eigenvalue weighted by molar-refractivity contribution is 0.141. The molecule has 1 atom stereocenters. The molecule has 1 unspecified atom stereocenters. The predicted molar refractivity (Wildman–Crippen MR) is 51.0 cm³/mol. The second-order valence-corrected chi connectivity index (χ2v) is 3.62. The Kier molecular flexibility index (Phi) is 2.81. The molecule has 1 aromatic heterocycles. The Morgan fingerprint density at radius 2 is 2.33 bits per heavy atom. The maximum atomic E-state index is 12.3. The molecule has 0 aromatic carbocycles. The van der Waals surface area contributed by atoms with E-state index >= 15 is 0 Å². The quantitative estimate of drug-likeness (QED) is 0.759. The van der Waals surface area contributed by atoms with Gasteiger partial charge in [0, 0.05) is 25.7 Å². The Balaban J connectivity index is 2.08. The topological polar surface area (TPSA) is 56.8 Å². The zero-order valence-electron chi connectivity index (χ0n) is 8.37. The summed E-state index contributed by atoms with van der Waals surface area (Å²) in [5.41, 5.74) is 0. The SMILES string of the molecule is CC1CN(c2n[nH]c(C(F)F)n2)CCN1. The molecule has 1 saturated heterocycles. The minimum atomic E-state index is -2.59. The van der Waals surface area contributed by atoms with Crippen molar-refractivity contribution in [1.29, 1.82) is 0 Å². The van der Waals surface area contributed by atoms with E-state index in [-0.39, 0.29) is 5.82 Å². The van der Waals surface area contributed by atoms with Crippen LogP contribution >= 0.6 is 0 Å². The molecule has 0 bridgehead atoms. The Morgan fingerprint density at radius 1 is 1.53 bits per heavy atom. The molecule has 0 aliphatic carbocycles. The van der Waals surface area contributed by atoms with Crippen molar-refractivity contribution < 1.29 is 8.78 Å². The molecule has 5 nitrogen and oxygen atoms in total. The number of nitrogens with one attached hydrogen (secondary N) is 2. The lowest BCUT2D eigenvalue weighted by Crippen LogP contribution is -2.49. The first-order valence-corrected chi connectivity index (χ1v) is 4.85. The van der Waals surface area contributed by atoms with E-state index in [9.17, 15) is 8.78 Å². The van der Waals surface area contributed by atoms with Gasteiger partial charge in [0.2, 0.25) is 5.95 Å². The third kappa shape index (κ3) is 2.23. The molecule has 0 amide bonds. The lowest BCUT2D eigenvalue weighted by atomic mass is 10.2. The van der Waals surface area contributed by atoms with Crippen molar-refractivity contribution in [3.8, 4) is 0 Å². The van der Waals surface area contributed by atoms with Crippen LogP contribution in [0.4, 0.5) is 14.7 Å². The van der Waals surface area contributed by atoms with E-state index in [1.165, 1.54) is 0 Å². The fourth-order valence-electron chi connectivity index (χ4n) is 1.62. The van der Waals surface area contributed by atoms with Gasteiger partial charge in [0.1, 0.15) is 0 Å². The number of aromatic nitrogens is 3. The molecule has 15 heavy (non-hydrogen) atoms. The molecule has 1 fully saturated rings. The van der Waals surface area contributed by atoms with E-state index < -0.39 is 6.43 Å². The summed E-state index contributed by atoms with van der Waals surface area (Å²) < 4.78 is 24.5. The van der Waals surface area contributed by atoms with Crippen LogP contribution in [0.3, 0.4) is 0 Å². The van der Waals surface area contributed by atoms with E-state index in [1.807, 2.05) is 11.8 Å². The molecule has 2 N–H and O–H groups in total. The van der Waals surface area contributed by atoms with Crippen LogP contribution in [0.1, 0.15) is 19.2 Å². The molecule has 1 aliphatic heterocycles. The van der Waals surface area contributed by atoms with Gasteiger partial charge in [0.25, 0.3) is 6.43 Å². The van der Waals surface area contributed by atoms with Crippen LogP contribution in [0.15, 0.2) is 0 Å². The van der Waals surface area contributed by atoms with Gasteiger partial charge in [-0.2, -0.15) is 4.98 Å². The van der Waals surface area contributed by atoms with E-state index in [2.05, 4.69) is 20.5 Å². The fraction of sp³-hybridized carbons (Fsp3) is 0.750. The van der Waals surface area contributed by atoms with E-state index in [0.717, 1.165) is 19.6 Å². The van der Waals surface area contributed by atoms with Crippen molar-refractivity contribution in [1.82, 2.24) is 20.5 Å². The third-order valence-corrected chi connectivity index (χ3v) is 2.35. The van der Waals surface area contributed by atoms with Crippen LogP contribution in [-0.2, 0) is 0 Å². The first-order valence-electron chi connectivity index (χ1n) is 4.85. The molecule has 84 valence electrons. The first-order chi connectivity index (χ1) is 7.16. The second kappa shape index (κ2) is 4.09. The molecular formula is C8H13F2N5. The highest BCUT2D eigenvalue weighted by atomic mass is 19.3. The fourth-order valence-corrected chi connectivity index (χ4v) is 1.62. The second-order valence-electron chi connectivity index (χ2n) is 3.62. The Labute approximate surface area is 85.9 Å². The number of hydrogen-bond acceptors (Lipinski definition) is 4. The van der Waals surface area contributed by atoms with Crippen molar-refractivity contribution in [2.45, 2.75) is 19.4 Å². The maximum Gasteiger partial charge on any atom is 0.296 e. The van der Waals surface area contributed by atoms with Crippen molar-refractivity contribution in [3.63, 3.8) is 0 Å². The molecule has 0 spiro atoms. The highest BCUT2D eigenvalue weighted by Crippen LogP contribution is 2.17. The molecule has 2 rings (SSSR count). The molecule has 7 heteroatoms. The van der Waals surface area contributed by atoms with Crippen LogP contribution in [0.25, 0.3) is 0 Å². The highest BCUT2D eigenvalue weighted by molar-refractivity contribution is 5.30. The molecule has 2 heterocycles. The van der Waals surface area contributed by atoms with Gasteiger partial charge in [0.05, 0.1) is 0 Å². The Bertz CT molecular complexity index is 327. The number of aromatic amines is 1. The van der Waals surface area contributed by atoms with Gasteiger partial charge in [-0.25, -0.2) is 8.78 Å². The largest absolute Gasteiger partial charge is 0.337 e. The third-order valence-electron chi connectivity index (χ3n) is 2.35. The van der Waals surface area contributed by atoms with Crippen molar-refractivity contribution in [2.75, 3.05) is 24.5 Å². The minimum Gasteiger partial charge on any atom is -0.337 e. The lowest BCUT2D eigenvalue weighted by Gasteiger charge is -2.30. The van der Waals surface area contributed by atoms with Crippen LogP contribution in [0, 0.1) is 0 Å². The number of nitrogens with zero attached hydrogens (tertiary/aromatic N) is 3. The van der Waals surface area contributed by atoms with Crippen molar-refractivity contribution >= 4 is 5.95 Å². The van der Waals surface area contributed by atoms with Crippen molar-refractivity contribution in [2.24, 2.45) is 0 Å². The normalized spacial score (nSPS) is 22.4. The number of halogens is 2. The van der Waals surface area contributed by atoms with Crippen LogP contribution in [0.2, 0.25) is 0 Å². The summed E-state index contributed by atoms with van der Waals surface area (Å²) in [5.74, 6) is -0.00478. The van der Waals surface area contributed by atoms with E-state index in [0.29, 0.717) is 12.0 Å². The van der Waals surface area contributed by atoms with Crippen LogP contribution < -0.4 is 10.2 Å². The summed E-state index contributed by atoms with van der Waals surface area (Å²) in [4.78, 5) is 5.64. The summed E-state index contributed by atoms with van der Waals surface area (Å²) in [5, 5.41) is 9.28. The number of hydrogen-bond donors (Lipinski definition) is 2. The highest BCUT2D eigenvalue weighted by Gasteiger charge is 2.21. The molecule has 1 aliphatic rings. The van der Waals surface area contributed by atoms with Gasteiger partial charge >= 0.3 is 0 Å². The number of anilines is 1. The summed E-state index contributed by atoms with van der Waals surface area (Å²) in [6, 6.07) is 0.326. The zero-order chi connectivity index (χ0) is 10.8. The van der Waals surface area contributed by atoms with Gasteiger partial charge in [-0.1, -0.05) is 0 Å². The Morgan fingerprint density at radius 3 is 2.93 bits per heavy atom. The van der Waals surface area contributed by atoms with Gasteiger partial charge in [-0.3, -0.25) is 5.10 Å². The van der Waals surface area contributed by atoms with Crippen LogP contribution in [0.5, 0.6) is 0 Å². The van der Waals surface area contributed by atoms with E-state index in [1.54, 1.807) is 0 Å². The minimum absolute atomic E-state index is 0.326. The molecule has 1 aromatic rings. The monoisotopic (exact) mass is 217 g/mol. The number of piperazine rings is 1. The summed E-state index contributed by atoms with van der Waals surface area (Å²) in [6.07, 6.45) is -2.59. The summed E-state index contributed by atoms with van der Waals surface area (Å²) in [7, 11) is 0. The standard InChI is InChI=1S/C8H13F2N5/c1-5-4-15(3-2-11-5)8-12-7(6(9)10)13-14-8/h5-6,11H,2-4H2,1H3,(H,12,13,14). The van der Waals surface area contributed by atoms with Gasteiger partial charge < -0.3 is 10.2 Å². The zero-order valence-corrected chi connectivity index (χ0v) is 8.37. The van der Waals surface area contributed by atoms with Gasteiger partial charge in [-0.15, -0.1) is 5.10 Å². The number of H-pyrrole nitrogens is 1. The van der Waals surface area contributed by atoms with Gasteiger partial charge in [0.15, 0.2) is 5.82 Å². The molecular weight excluding hydrogens is 204 g/mol. The summed E-state index contributed by atoms with van der Waals surface area (Å²) in [6.45, 7) is 4.33. The Hall–Kier alpha value is -1.24. The predicted octanol–water partition coefficient (Wildman–Crippen LogP) is 0.540. The first kappa shape index (κ1) is 10.3. The molecule has 0 saturated carbocycles. The average Bonchev–Trinajstić information content (AvgIpc) is 2.66. The average molecular weight is 217 g/mol. The molecule has 0 radical (unpaired) electrons. The smallest absolute Gasteiger partial charge is 0.296 e. The number of rotatable bonds is 2. The maximum absolute atomic E-state index is 12.3. The van der Waals surface area contributed by atoms with Crippen molar-refractivity contribution in [3.05, 3.63) is 5.82 Å².